The van der Waals surface area contributed by atoms with Crippen molar-refractivity contribution in [3.63, 3.8) is 0 Å². The monoisotopic (exact) mass is 509 g/mol. The quantitative estimate of drug-likeness (QED) is 0.373. The van der Waals surface area contributed by atoms with Gasteiger partial charge in [-0.25, -0.2) is 9.67 Å². The van der Waals surface area contributed by atoms with E-state index in [4.69, 9.17) is 10.7 Å². The highest BCUT2D eigenvalue weighted by Crippen LogP contribution is 2.31. The van der Waals surface area contributed by atoms with Gasteiger partial charge in [-0.2, -0.15) is 5.10 Å². The summed E-state index contributed by atoms with van der Waals surface area (Å²) in [5, 5.41) is 17.2. The molecule has 11 heteroatoms. The molecule has 5 N–H and O–H groups in total. The number of hydrogen-bond donors (Lipinski definition) is 4. The Morgan fingerprint density at radius 2 is 1.95 bits per heavy atom. The molecule has 4 rings (SSSR count). The zero-order valence-corrected chi connectivity index (χ0v) is 21.7. The molecule has 0 saturated carbocycles. The average Bonchev–Trinajstić information content (AvgIpc) is 3.31. The van der Waals surface area contributed by atoms with Crippen LogP contribution >= 0.6 is 0 Å². The van der Waals surface area contributed by atoms with E-state index in [1.54, 1.807) is 21.8 Å². The number of fused-ring (bicyclic) bond motifs is 1. The molecule has 1 aliphatic rings. The fourth-order valence-electron chi connectivity index (χ4n) is 4.89. The maximum absolute atomic E-state index is 13.4. The molecule has 1 saturated heterocycles. The molecule has 0 spiro atoms. The first kappa shape index (κ1) is 26.5. The molecule has 198 valence electrons. The van der Waals surface area contributed by atoms with Crippen LogP contribution in [0.3, 0.4) is 0 Å². The van der Waals surface area contributed by atoms with E-state index in [-0.39, 0.29) is 42.5 Å². The number of hydrogen-bond acceptors (Lipinski definition) is 7. The molecule has 4 heterocycles. The van der Waals surface area contributed by atoms with E-state index in [1.807, 2.05) is 33.8 Å². The van der Waals surface area contributed by atoms with Crippen molar-refractivity contribution in [1.29, 1.82) is 0 Å². The van der Waals surface area contributed by atoms with Gasteiger partial charge in [0.15, 0.2) is 5.65 Å². The van der Waals surface area contributed by atoms with E-state index in [2.05, 4.69) is 15.4 Å². The smallest absolute Gasteiger partial charge is 0.253 e. The van der Waals surface area contributed by atoms with Gasteiger partial charge in [0.05, 0.1) is 23.8 Å². The standard InChI is InChI=1S/C26H35N7O4/c1-14(2)33-23-20(12-29-33)18(24(35)28-11-19-15(3)9-16(4)30-25(19)36)10-22(31-23)17-5-7-32(8-6-17)26(37)21(27)13-34/h9-10,12,14,17,21,34H,5-8,11,13,27H2,1-4H3,(H,28,35)(H,30,36)/t21-/m0/s1. The van der Waals surface area contributed by atoms with E-state index < -0.39 is 6.04 Å². The number of aliphatic hydroxyl groups excluding tert-OH is 1. The lowest BCUT2D eigenvalue weighted by Gasteiger charge is -2.33. The summed E-state index contributed by atoms with van der Waals surface area (Å²) >= 11 is 0. The number of amides is 2. The molecule has 3 aromatic rings. The van der Waals surface area contributed by atoms with Gasteiger partial charge in [-0.05, 0) is 58.2 Å². The van der Waals surface area contributed by atoms with Crippen LogP contribution in [0.4, 0.5) is 0 Å². The van der Waals surface area contributed by atoms with Crippen molar-refractivity contribution in [3.8, 4) is 0 Å². The van der Waals surface area contributed by atoms with Gasteiger partial charge in [-0.1, -0.05) is 0 Å². The zero-order chi connectivity index (χ0) is 26.9. The second-order valence-corrected chi connectivity index (χ2v) is 10.0. The lowest BCUT2D eigenvalue weighted by Crippen LogP contribution is -2.48. The van der Waals surface area contributed by atoms with Gasteiger partial charge < -0.3 is 26.0 Å². The minimum absolute atomic E-state index is 0.0445. The first-order valence-electron chi connectivity index (χ1n) is 12.6. The number of likely N-dealkylation sites (tertiary alicyclic amines) is 1. The topological polar surface area (TPSA) is 159 Å². The van der Waals surface area contributed by atoms with Gasteiger partial charge in [0.2, 0.25) is 5.91 Å². The summed E-state index contributed by atoms with van der Waals surface area (Å²) in [5.74, 6) is -0.524. The lowest BCUT2D eigenvalue weighted by molar-refractivity contribution is -0.134. The Hall–Kier alpha value is -3.57. The van der Waals surface area contributed by atoms with Crippen LogP contribution in [-0.4, -0.2) is 67.3 Å². The van der Waals surface area contributed by atoms with Gasteiger partial charge >= 0.3 is 0 Å². The molecule has 0 unspecified atom stereocenters. The van der Waals surface area contributed by atoms with E-state index >= 15 is 0 Å². The summed E-state index contributed by atoms with van der Waals surface area (Å²) in [6, 6.07) is 2.82. The first-order valence-corrected chi connectivity index (χ1v) is 12.6. The average molecular weight is 510 g/mol. The molecule has 0 aromatic carbocycles. The number of carbonyl (C=O) groups is 2. The third-order valence-corrected chi connectivity index (χ3v) is 6.98. The van der Waals surface area contributed by atoms with E-state index in [9.17, 15) is 19.5 Å². The second kappa shape index (κ2) is 10.8. The second-order valence-electron chi connectivity index (χ2n) is 10.0. The fourth-order valence-corrected chi connectivity index (χ4v) is 4.89. The number of nitrogens with one attached hydrogen (secondary N) is 2. The number of aromatic nitrogens is 4. The van der Waals surface area contributed by atoms with Crippen LogP contribution in [0.15, 0.2) is 23.1 Å². The van der Waals surface area contributed by atoms with Crippen molar-refractivity contribution in [2.45, 2.75) is 65.1 Å². The summed E-state index contributed by atoms with van der Waals surface area (Å²) in [7, 11) is 0. The van der Waals surface area contributed by atoms with Crippen molar-refractivity contribution in [1.82, 2.24) is 30.0 Å². The van der Waals surface area contributed by atoms with Crippen LogP contribution in [0.2, 0.25) is 0 Å². The van der Waals surface area contributed by atoms with Crippen LogP contribution in [0.5, 0.6) is 0 Å². The predicted molar refractivity (Wildman–Crippen MR) is 139 cm³/mol. The number of carbonyl (C=O) groups excluding carboxylic acids is 2. The Balaban J connectivity index is 1.62. The van der Waals surface area contributed by atoms with Crippen LogP contribution < -0.4 is 16.6 Å². The predicted octanol–water partition coefficient (Wildman–Crippen LogP) is 1.27. The lowest BCUT2D eigenvalue weighted by atomic mass is 9.91. The van der Waals surface area contributed by atoms with E-state index in [1.165, 1.54) is 0 Å². The molecule has 0 aliphatic carbocycles. The Morgan fingerprint density at radius 3 is 2.57 bits per heavy atom. The van der Waals surface area contributed by atoms with Gasteiger partial charge in [0.1, 0.15) is 6.04 Å². The van der Waals surface area contributed by atoms with Crippen molar-refractivity contribution in [2.24, 2.45) is 5.73 Å². The highest BCUT2D eigenvalue weighted by molar-refractivity contribution is 6.05. The van der Waals surface area contributed by atoms with Gasteiger partial charge in [-0.15, -0.1) is 0 Å². The Morgan fingerprint density at radius 1 is 1.24 bits per heavy atom. The molecular weight excluding hydrogens is 474 g/mol. The molecule has 0 radical (unpaired) electrons. The summed E-state index contributed by atoms with van der Waals surface area (Å²) < 4.78 is 1.80. The maximum atomic E-state index is 13.4. The maximum Gasteiger partial charge on any atom is 0.253 e. The molecule has 37 heavy (non-hydrogen) atoms. The number of nitrogens with zero attached hydrogens (tertiary/aromatic N) is 4. The molecule has 3 aromatic heterocycles. The third kappa shape index (κ3) is 5.42. The SMILES string of the molecule is Cc1cc(C)c(CNC(=O)c2cc(C3CCN(C(=O)[C@@H](N)CO)CC3)nc3c2cnn3C(C)C)c(=O)[nH]1. The number of rotatable bonds is 7. The number of pyridine rings is 2. The minimum Gasteiger partial charge on any atom is -0.394 e. The van der Waals surface area contributed by atoms with Crippen molar-refractivity contribution in [2.75, 3.05) is 19.7 Å². The molecule has 1 aliphatic heterocycles. The number of piperidine rings is 1. The Bertz CT molecular complexity index is 1370. The summed E-state index contributed by atoms with van der Waals surface area (Å²) in [6.45, 7) is 8.38. The molecular formula is C26H35N7O4. The number of nitrogens with two attached hydrogens (primary N) is 1. The fraction of sp³-hybridized carbons (Fsp3) is 0.500. The van der Waals surface area contributed by atoms with E-state index in [0.29, 0.717) is 48.1 Å². The Kier molecular flexibility index (Phi) is 7.74. The first-order chi connectivity index (χ1) is 17.6. The number of aromatic amines is 1. The highest BCUT2D eigenvalue weighted by Gasteiger charge is 2.29. The largest absolute Gasteiger partial charge is 0.394 e. The van der Waals surface area contributed by atoms with Gasteiger partial charge in [-0.3, -0.25) is 14.4 Å². The minimum atomic E-state index is -0.911. The molecule has 11 nitrogen and oxygen atoms in total. The van der Waals surface area contributed by atoms with Crippen LogP contribution in [0, 0.1) is 13.8 Å². The summed E-state index contributed by atoms with van der Waals surface area (Å²) in [4.78, 5) is 47.5. The van der Waals surface area contributed by atoms with Crippen LogP contribution in [0.1, 0.15) is 71.5 Å². The van der Waals surface area contributed by atoms with Crippen LogP contribution in [0.25, 0.3) is 11.0 Å². The third-order valence-electron chi connectivity index (χ3n) is 6.98. The molecule has 1 atom stereocenters. The number of H-pyrrole nitrogens is 1. The van der Waals surface area contributed by atoms with Crippen LogP contribution in [-0.2, 0) is 11.3 Å². The van der Waals surface area contributed by atoms with E-state index in [0.717, 1.165) is 17.0 Å². The number of aryl methyl sites for hydroxylation is 2. The van der Waals surface area contributed by atoms with Crippen molar-refractivity contribution >= 4 is 22.8 Å². The van der Waals surface area contributed by atoms with Crippen molar-refractivity contribution < 1.29 is 14.7 Å². The Labute approximate surface area is 215 Å². The molecule has 0 bridgehead atoms. The van der Waals surface area contributed by atoms with Crippen molar-refractivity contribution in [3.05, 3.63) is 56.8 Å². The number of aliphatic hydroxyl groups is 1. The summed E-state index contributed by atoms with van der Waals surface area (Å²) in [5.41, 5.74) is 9.44. The molecule has 1 fully saturated rings. The van der Waals surface area contributed by atoms with Gasteiger partial charge in [0, 0.05) is 48.5 Å². The van der Waals surface area contributed by atoms with Gasteiger partial charge in [0.25, 0.3) is 11.5 Å². The normalized spacial score (nSPS) is 15.4. The molecule has 2 amide bonds. The summed E-state index contributed by atoms with van der Waals surface area (Å²) in [6.07, 6.45) is 2.98. The highest BCUT2D eigenvalue weighted by atomic mass is 16.3. The zero-order valence-electron chi connectivity index (χ0n) is 21.7.